The van der Waals surface area contributed by atoms with E-state index in [9.17, 15) is 9.90 Å². The molecule has 0 aliphatic heterocycles. The van der Waals surface area contributed by atoms with Crippen LogP contribution in [-0.4, -0.2) is 17.0 Å². The summed E-state index contributed by atoms with van der Waals surface area (Å²) in [4.78, 5) is 12.0. The molecule has 1 saturated carbocycles. The quantitative estimate of drug-likeness (QED) is 0.266. The fourth-order valence-corrected chi connectivity index (χ4v) is 6.40. The summed E-state index contributed by atoms with van der Waals surface area (Å²) in [6.07, 6.45) is 32.7. The molecule has 2 rings (SSSR count). The number of carbonyl (C=O) groups is 1. The first kappa shape index (κ1) is 35.2. The highest BCUT2D eigenvalue weighted by molar-refractivity contribution is 5.80. The molecule has 2 aliphatic carbocycles. The van der Waals surface area contributed by atoms with Crippen LogP contribution in [0.25, 0.3) is 0 Å². The van der Waals surface area contributed by atoms with Crippen LogP contribution in [0.4, 0.5) is 0 Å². The van der Waals surface area contributed by atoms with Crippen molar-refractivity contribution in [3.63, 3.8) is 0 Å². The molecule has 2 aliphatic rings. The number of carbonyl (C=O) groups excluding carboxylic acids is 1. The predicted octanol–water partition coefficient (Wildman–Crippen LogP) is 10.7. The van der Waals surface area contributed by atoms with Gasteiger partial charge in [0.15, 0.2) is 0 Å². The number of hydrogen-bond acceptors (Lipinski definition) is 2. The van der Waals surface area contributed by atoms with Crippen molar-refractivity contribution >= 4 is 5.78 Å². The predicted molar refractivity (Wildman–Crippen MR) is 183 cm³/mol. The van der Waals surface area contributed by atoms with Gasteiger partial charge in [-0.2, -0.15) is 0 Å². The Morgan fingerprint density at radius 3 is 1.79 bits per heavy atom. The lowest BCUT2D eigenvalue weighted by molar-refractivity contribution is -0.126. The van der Waals surface area contributed by atoms with Gasteiger partial charge in [-0.1, -0.05) is 148 Å². The molecule has 0 heterocycles. The van der Waals surface area contributed by atoms with Gasteiger partial charge in [-0.05, 0) is 75.7 Å². The Morgan fingerprint density at radius 2 is 1.26 bits per heavy atom. The zero-order valence-corrected chi connectivity index (χ0v) is 28.0. The van der Waals surface area contributed by atoms with Crippen LogP contribution < -0.4 is 0 Å². The van der Waals surface area contributed by atoms with Crippen LogP contribution >= 0.6 is 0 Å². The third kappa shape index (κ3) is 11.7. The van der Waals surface area contributed by atoms with E-state index in [1.807, 2.05) is 0 Å². The zero-order chi connectivity index (χ0) is 31.5. The molecule has 0 radical (unpaired) electrons. The minimum absolute atomic E-state index is 0.00473. The number of hydrogen-bond donors (Lipinski definition) is 1. The van der Waals surface area contributed by atoms with Crippen LogP contribution in [0, 0.1) is 22.7 Å². The van der Waals surface area contributed by atoms with Gasteiger partial charge in [0.2, 0.25) is 0 Å². The second-order valence-corrected chi connectivity index (χ2v) is 14.0. The summed E-state index contributed by atoms with van der Waals surface area (Å²) in [6.45, 7) is 21.7. The first-order valence-electron chi connectivity index (χ1n) is 15.6. The van der Waals surface area contributed by atoms with Crippen LogP contribution in [0.5, 0.6) is 0 Å². The number of allylic oxidation sites excluding steroid dienone is 19. The van der Waals surface area contributed by atoms with Gasteiger partial charge < -0.3 is 5.11 Å². The van der Waals surface area contributed by atoms with Crippen molar-refractivity contribution in [3.05, 3.63) is 119 Å². The highest BCUT2D eigenvalue weighted by Gasteiger charge is 2.38. The first-order chi connectivity index (χ1) is 19.6. The standard InChI is InChI=1S/C40H56O2/c1-29(17-13-19-31(3)21-23-37-33(5)25-35(41)27-39(37,7)8)15-11-12-16-30(2)18-14-20-32(4)22-24-38-34(6)26-36(42)28-40(38,9)10/h11-24,33,36-37,42H,25-28H2,1-10H3. The van der Waals surface area contributed by atoms with E-state index in [0.29, 0.717) is 30.5 Å². The smallest absolute Gasteiger partial charge is 0.133 e. The molecule has 0 spiro atoms. The Balaban J connectivity index is 1.89. The minimum Gasteiger partial charge on any atom is -0.393 e. The van der Waals surface area contributed by atoms with Gasteiger partial charge in [0, 0.05) is 12.8 Å². The van der Waals surface area contributed by atoms with E-state index in [1.54, 1.807) is 0 Å². The molecule has 0 aromatic heterocycles. The molecule has 0 amide bonds. The average Bonchev–Trinajstić information content (AvgIpc) is 2.84. The summed E-state index contributed by atoms with van der Waals surface area (Å²) < 4.78 is 0. The highest BCUT2D eigenvalue weighted by Crippen LogP contribution is 2.43. The van der Waals surface area contributed by atoms with E-state index < -0.39 is 0 Å². The lowest BCUT2D eigenvalue weighted by Crippen LogP contribution is -2.36. The molecule has 3 unspecified atom stereocenters. The zero-order valence-electron chi connectivity index (χ0n) is 28.0. The van der Waals surface area contributed by atoms with Crippen molar-refractivity contribution in [2.24, 2.45) is 22.7 Å². The molecular weight excluding hydrogens is 512 g/mol. The minimum atomic E-state index is -0.227. The maximum absolute atomic E-state index is 12.0. The van der Waals surface area contributed by atoms with E-state index in [1.165, 1.54) is 33.4 Å². The molecule has 0 saturated heterocycles. The first-order valence-corrected chi connectivity index (χ1v) is 15.6. The lowest BCUT2D eigenvalue weighted by Gasteiger charge is -2.40. The van der Waals surface area contributed by atoms with Gasteiger partial charge in [0.05, 0.1) is 6.10 Å². The molecule has 0 aromatic rings. The van der Waals surface area contributed by atoms with E-state index in [2.05, 4.69) is 154 Å². The molecular formula is C40H56O2. The van der Waals surface area contributed by atoms with Crippen LogP contribution in [0.1, 0.15) is 94.9 Å². The number of aliphatic hydroxyl groups excluding tert-OH is 1. The van der Waals surface area contributed by atoms with E-state index >= 15 is 0 Å². The fraction of sp³-hybridized carbons (Fsp3) is 0.475. The number of Topliss-reactive ketones (excluding diaryl/α,β-unsaturated/α-hetero) is 1. The number of ketones is 1. The molecule has 0 bridgehead atoms. The Kier molecular flexibility index (Phi) is 13.4. The normalized spacial score (nSPS) is 26.7. The SMILES string of the molecule is CC(C=CC=C(C)C=CC1=C(C)CC(O)CC1(C)C)=CC=CC=C(C)C=CC=C(C)C=CC1C(C)CC(=O)CC1(C)C. The summed E-state index contributed by atoms with van der Waals surface area (Å²) in [5, 5.41) is 10.1. The maximum atomic E-state index is 12.0. The van der Waals surface area contributed by atoms with Gasteiger partial charge in [-0.15, -0.1) is 0 Å². The number of rotatable bonds is 10. The van der Waals surface area contributed by atoms with Crippen LogP contribution in [0.2, 0.25) is 0 Å². The lowest BCUT2D eigenvalue weighted by atomic mass is 9.63. The van der Waals surface area contributed by atoms with Gasteiger partial charge in [0.25, 0.3) is 0 Å². The molecule has 3 atom stereocenters. The van der Waals surface area contributed by atoms with Gasteiger partial charge in [0.1, 0.15) is 5.78 Å². The van der Waals surface area contributed by atoms with Crippen molar-refractivity contribution < 1.29 is 9.90 Å². The molecule has 228 valence electrons. The van der Waals surface area contributed by atoms with Gasteiger partial charge in [-0.25, -0.2) is 0 Å². The summed E-state index contributed by atoms with van der Waals surface area (Å²) >= 11 is 0. The van der Waals surface area contributed by atoms with Crippen molar-refractivity contribution in [2.45, 2.75) is 101 Å². The van der Waals surface area contributed by atoms with Crippen molar-refractivity contribution in [3.8, 4) is 0 Å². The molecule has 0 aromatic carbocycles. The van der Waals surface area contributed by atoms with Crippen molar-refractivity contribution in [1.29, 1.82) is 0 Å². The molecule has 1 fully saturated rings. The molecule has 1 N–H and O–H groups in total. The molecule has 42 heavy (non-hydrogen) atoms. The number of aliphatic hydroxyl groups is 1. The Labute approximate surface area is 257 Å². The monoisotopic (exact) mass is 568 g/mol. The van der Waals surface area contributed by atoms with E-state index in [4.69, 9.17) is 0 Å². The average molecular weight is 569 g/mol. The maximum Gasteiger partial charge on any atom is 0.133 e. The Hall–Kier alpha value is -2.97. The van der Waals surface area contributed by atoms with Crippen LogP contribution in [0.15, 0.2) is 119 Å². The second-order valence-electron chi connectivity index (χ2n) is 14.0. The van der Waals surface area contributed by atoms with Crippen molar-refractivity contribution in [2.75, 3.05) is 0 Å². The Bertz CT molecular complexity index is 1260. The summed E-state index contributed by atoms with van der Waals surface area (Å²) in [7, 11) is 0. The second kappa shape index (κ2) is 16.0. The highest BCUT2D eigenvalue weighted by atomic mass is 16.3. The molecule has 2 heteroatoms. The third-order valence-electron chi connectivity index (χ3n) is 8.54. The Morgan fingerprint density at radius 1 is 0.762 bits per heavy atom. The largest absolute Gasteiger partial charge is 0.393 e. The van der Waals surface area contributed by atoms with Crippen LogP contribution in [0.3, 0.4) is 0 Å². The van der Waals surface area contributed by atoms with E-state index in [-0.39, 0.29) is 16.9 Å². The van der Waals surface area contributed by atoms with Crippen molar-refractivity contribution in [1.82, 2.24) is 0 Å². The van der Waals surface area contributed by atoms with E-state index in [0.717, 1.165) is 12.8 Å². The topological polar surface area (TPSA) is 37.3 Å². The summed E-state index contributed by atoms with van der Waals surface area (Å²) in [6, 6.07) is 0. The van der Waals surface area contributed by atoms with Gasteiger partial charge in [-0.3, -0.25) is 4.79 Å². The van der Waals surface area contributed by atoms with Gasteiger partial charge >= 0.3 is 0 Å². The molecule has 2 nitrogen and oxygen atoms in total. The fourth-order valence-electron chi connectivity index (χ4n) is 6.40. The summed E-state index contributed by atoms with van der Waals surface area (Å²) in [5.74, 6) is 1.22. The summed E-state index contributed by atoms with van der Waals surface area (Å²) in [5.41, 5.74) is 7.45. The third-order valence-corrected chi connectivity index (χ3v) is 8.54. The van der Waals surface area contributed by atoms with Crippen LogP contribution in [-0.2, 0) is 4.79 Å².